The van der Waals surface area contributed by atoms with Crippen LogP contribution >= 0.6 is 0 Å². The van der Waals surface area contributed by atoms with E-state index in [0.717, 1.165) is 19.3 Å². The molecule has 1 heterocycles. The number of azide groups is 1. The van der Waals surface area contributed by atoms with Crippen molar-refractivity contribution in [2.75, 3.05) is 20.3 Å². The SMILES string of the molecule is COC(=O)CCCCCOC1OC(COC(C)=O)C(C)C(C)C1N=[N+]=[N-]. The molecule has 0 bridgehead atoms. The van der Waals surface area contributed by atoms with Gasteiger partial charge in [-0.05, 0) is 30.2 Å². The molecule has 0 aromatic rings. The molecule has 0 spiro atoms. The Kier molecular flexibility index (Phi) is 10.0. The molecular weight excluding hydrogens is 342 g/mol. The Balaban J connectivity index is 2.53. The van der Waals surface area contributed by atoms with Gasteiger partial charge in [-0.1, -0.05) is 25.4 Å². The van der Waals surface area contributed by atoms with Crippen LogP contribution in [0.3, 0.4) is 0 Å². The smallest absolute Gasteiger partial charge is 0.305 e. The van der Waals surface area contributed by atoms with E-state index >= 15 is 0 Å². The van der Waals surface area contributed by atoms with Crippen molar-refractivity contribution in [2.45, 2.75) is 64.9 Å². The summed E-state index contributed by atoms with van der Waals surface area (Å²) >= 11 is 0. The topological polar surface area (TPSA) is 120 Å². The summed E-state index contributed by atoms with van der Waals surface area (Å²) in [4.78, 5) is 25.0. The standard InChI is InChI=1S/C17H29N3O6/c1-11-12(2)16(19-20-18)17(26-14(11)10-25-13(3)21)24-9-7-5-6-8-15(22)23-4/h11-12,14,16-17H,5-10H2,1-4H3. The molecule has 26 heavy (non-hydrogen) atoms. The van der Waals surface area contributed by atoms with Crippen molar-refractivity contribution >= 4 is 11.9 Å². The maximum absolute atomic E-state index is 11.1. The number of unbranched alkanes of at least 4 members (excludes halogenated alkanes) is 2. The molecule has 5 atom stereocenters. The fraction of sp³-hybridized carbons (Fsp3) is 0.882. The van der Waals surface area contributed by atoms with Crippen molar-refractivity contribution in [1.82, 2.24) is 0 Å². The number of carbonyl (C=O) groups is 2. The van der Waals surface area contributed by atoms with Gasteiger partial charge in [0.25, 0.3) is 0 Å². The van der Waals surface area contributed by atoms with Gasteiger partial charge in [-0.15, -0.1) is 0 Å². The molecule has 148 valence electrons. The van der Waals surface area contributed by atoms with Gasteiger partial charge < -0.3 is 18.9 Å². The van der Waals surface area contributed by atoms with Crippen molar-refractivity contribution in [3.05, 3.63) is 10.4 Å². The van der Waals surface area contributed by atoms with E-state index in [-0.39, 0.29) is 36.5 Å². The third-order valence-electron chi connectivity index (χ3n) is 4.71. The second-order valence-corrected chi connectivity index (χ2v) is 6.52. The van der Waals surface area contributed by atoms with Gasteiger partial charge in [0, 0.05) is 24.9 Å². The number of ether oxygens (including phenoxy) is 4. The van der Waals surface area contributed by atoms with E-state index in [0.29, 0.717) is 13.0 Å². The molecular formula is C17H29N3O6. The molecule has 0 aromatic carbocycles. The third-order valence-corrected chi connectivity index (χ3v) is 4.71. The fourth-order valence-electron chi connectivity index (χ4n) is 2.87. The molecule has 0 aliphatic carbocycles. The van der Waals surface area contributed by atoms with Gasteiger partial charge in [-0.25, -0.2) is 0 Å². The maximum Gasteiger partial charge on any atom is 0.305 e. The van der Waals surface area contributed by atoms with E-state index in [4.69, 9.17) is 19.7 Å². The quantitative estimate of drug-likeness (QED) is 0.191. The van der Waals surface area contributed by atoms with Crippen LogP contribution in [0.2, 0.25) is 0 Å². The molecule has 0 amide bonds. The second kappa shape index (κ2) is 11.7. The molecule has 5 unspecified atom stereocenters. The summed E-state index contributed by atoms with van der Waals surface area (Å²) in [7, 11) is 1.37. The summed E-state index contributed by atoms with van der Waals surface area (Å²) in [5.74, 6) is -0.524. The molecule has 0 radical (unpaired) electrons. The lowest BCUT2D eigenvalue weighted by Gasteiger charge is -2.42. The van der Waals surface area contributed by atoms with Crippen LogP contribution in [0.1, 0.15) is 46.5 Å². The van der Waals surface area contributed by atoms with E-state index < -0.39 is 12.3 Å². The minimum absolute atomic E-state index is 0.0181. The highest BCUT2D eigenvalue weighted by Crippen LogP contribution is 2.33. The second-order valence-electron chi connectivity index (χ2n) is 6.52. The van der Waals surface area contributed by atoms with E-state index in [1.54, 1.807) is 0 Å². The Bertz CT molecular complexity index is 509. The molecule has 1 saturated heterocycles. The Morgan fingerprint density at radius 3 is 2.54 bits per heavy atom. The molecule has 1 aliphatic heterocycles. The Hall–Kier alpha value is -1.83. The van der Waals surface area contributed by atoms with Crippen molar-refractivity contribution in [3.8, 4) is 0 Å². The van der Waals surface area contributed by atoms with Gasteiger partial charge in [0.15, 0.2) is 6.29 Å². The molecule has 0 saturated carbocycles. The first-order chi connectivity index (χ1) is 12.4. The maximum atomic E-state index is 11.1. The number of hydrogen-bond donors (Lipinski definition) is 0. The molecule has 1 rings (SSSR count). The van der Waals surface area contributed by atoms with E-state index in [9.17, 15) is 9.59 Å². The van der Waals surface area contributed by atoms with Crippen molar-refractivity contribution in [2.24, 2.45) is 17.0 Å². The zero-order valence-electron chi connectivity index (χ0n) is 15.9. The lowest BCUT2D eigenvalue weighted by molar-refractivity contribution is -0.239. The molecule has 1 aliphatic rings. The number of esters is 2. The molecule has 0 aromatic heterocycles. The largest absolute Gasteiger partial charge is 0.469 e. The monoisotopic (exact) mass is 371 g/mol. The predicted molar refractivity (Wildman–Crippen MR) is 93.0 cm³/mol. The van der Waals surface area contributed by atoms with Crippen molar-refractivity contribution < 1.29 is 28.5 Å². The highest BCUT2D eigenvalue weighted by Gasteiger charge is 2.42. The highest BCUT2D eigenvalue weighted by atomic mass is 16.7. The number of rotatable bonds is 10. The van der Waals surface area contributed by atoms with Gasteiger partial charge in [0.05, 0.1) is 19.3 Å². The van der Waals surface area contributed by atoms with Gasteiger partial charge in [0.2, 0.25) is 0 Å². The van der Waals surface area contributed by atoms with Crippen LogP contribution in [0.4, 0.5) is 0 Å². The Labute approximate surface area is 153 Å². The summed E-state index contributed by atoms with van der Waals surface area (Å²) in [6.45, 7) is 5.86. The van der Waals surface area contributed by atoms with Crippen molar-refractivity contribution in [1.29, 1.82) is 0 Å². The Morgan fingerprint density at radius 1 is 1.19 bits per heavy atom. The van der Waals surface area contributed by atoms with Gasteiger partial charge in [-0.2, -0.15) is 0 Å². The number of hydrogen-bond acceptors (Lipinski definition) is 7. The van der Waals surface area contributed by atoms with Crippen LogP contribution in [-0.2, 0) is 28.5 Å². The first-order valence-electron chi connectivity index (χ1n) is 8.92. The minimum Gasteiger partial charge on any atom is -0.469 e. The van der Waals surface area contributed by atoms with Crippen LogP contribution in [0.5, 0.6) is 0 Å². The van der Waals surface area contributed by atoms with Gasteiger partial charge >= 0.3 is 11.9 Å². The van der Waals surface area contributed by atoms with Gasteiger partial charge in [-0.3, -0.25) is 9.59 Å². The fourth-order valence-corrected chi connectivity index (χ4v) is 2.87. The summed E-state index contributed by atoms with van der Waals surface area (Å²) in [6.07, 6.45) is 1.68. The normalized spacial score (nSPS) is 28.1. The average molecular weight is 371 g/mol. The van der Waals surface area contributed by atoms with Crippen LogP contribution in [-0.4, -0.2) is 50.7 Å². The number of methoxy groups -OCH3 is 1. The van der Waals surface area contributed by atoms with E-state index in [1.807, 2.05) is 13.8 Å². The minimum atomic E-state index is -0.682. The highest BCUT2D eigenvalue weighted by molar-refractivity contribution is 5.68. The lowest BCUT2D eigenvalue weighted by Crippen LogP contribution is -2.51. The molecule has 1 fully saturated rings. The number of carbonyl (C=O) groups excluding carboxylic acids is 2. The summed E-state index contributed by atoms with van der Waals surface area (Å²) in [6, 6.07) is -0.446. The summed E-state index contributed by atoms with van der Waals surface area (Å²) in [5, 5.41) is 3.84. The Morgan fingerprint density at radius 2 is 1.92 bits per heavy atom. The van der Waals surface area contributed by atoms with Crippen molar-refractivity contribution in [3.63, 3.8) is 0 Å². The van der Waals surface area contributed by atoms with Crippen LogP contribution < -0.4 is 0 Å². The third kappa shape index (κ3) is 7.19. The summed E-state index contributed by atoms with van der Waals surface area (Å²) < 4.78 is 21.4. The first kappa shape index (κ1) is 22.2. The lowest BCUT2D eigenvalue weighted by atomic mass is 9.82. The molecule has 9 heteroatoms. The zero-order valence-corrected chi connectivity index (χ0v) is 15.9. The van der Waals surface area contributed by atoms with Crippen LogP contribution in [0.25, 0.3) is 10.4 Å². The van der Waals surface area contributed by atoms with Crippen LogP contribution in [0, 0.1) is 11.8 Å². The first-order valence-corrected chi connectivity index (χ1v) is 8.92. The van der Waals surface area contributed by atoms with E-state index in [2.05, 4.69) is 14.8 Å². The van der Waals surface area contributed by atoms with Crippen LogP contribution in [0.15, 0.2) is 5.11 Å². The number of nitrogens with zero attached hydrogens (tertiary/aromatic N) is 3. The average Bonchev–Trinajstić information content (AvgIpc) is 2.61. The van der Waals surface area contributed by atoms with Gasteiger partial charge in [0.1, 0.15) is 6.61 Å². The summed E-state index contributed by atoms with van der Waals surface area (Å²) in [5.41, 5.74) is 8.83. The molecule has 9 nitrogen and oxygen atoms in total. The molecule has 0 N–H and O–H groups in total. The van der Waals surface area contributed by atoms with E-state index in [1.165, 1.54) is 14.0 Å². The zero-order chi connectivity index (χ0) is 19.5. The predicted octanol–water partition coefficient (Wildman–Crippen LogP) is 2.98.